The van der Waals surface area contributed by atoms with Crippen molar-refractivity contribution in [2.45, 2.75) is 5.41 Å². The summed E-state index contributed by atoms with van der Waals surface area (Å²) < 4.78 is 13.5. The van der Waals surface area contributed by atoms with Gasteiger partial charge < -0.3 is 9.47 Å². The van der Waals surface area contributed by atoms with Crippen molar-refractivity contribution in [2.75, 3.05) is 0 Å². The molecule has 0 spiro atoms. The number of benzene rings is 6. The topological polar surface area (TPSA) is 44.2 Å². The number of hydrogen-bond donors (Lipinski definition) is 0. The molecule has 2 aliphatic rings. The molecule has 2 aromatic heterocycles. The normalized spacial score (nSPS) is 13.6. The molecular weight excluding hydrogens is 576 g/mol. The average Bonchev–Trinajstić information content (AvgIpc) is 3.43. The van der Waals surface area contributed by atoms with Gasteiger partial charge in [-0.3, -0.25) is 4.98 Å². The Hall–Kier alpha value is -6.26. The Bertz CT molecular complexity index is 2490. The molecule has 0 radical (unpaired) electrons. The van der Waals surface area contributed by atoms with Crippen LogP contribution in [0.15, 0.2) is 158 Å². The van der Waals surface area contributed by atoms with Crippen LogP contribution in [0.4, 0.5) is 0 Å². The summed E-state index contributed by atoms with van der Waals surface area (Å²) in [6.45, 7) is 0. The van der Waals surface area contributed by atoms with E-state index in [-0.39, 0.29) is 0 Å². The van der Waals surface area contributed by atoms with Gasteiger partial charge in [0.1, 0.15) is 0 Å². The summed E-state index contributed by atoms with van der Waals surface area (Å²) in [5.74, 6) is 2.69. The van der Waals surface area contributed by atoms with Crippen LogP contribution in [-0.2, 0) is 5.41 Å². The SMILES string of the molecule is c1ccc(C2(c3ccccc3)c3ccccc3-c3cc4c(cc32)Oc2cccc(-c3ccc5ccc6cccnc6c5n3)c2O4)cc1. The Morgan fingerprint density at radius 1 is 0.447 bits per heavy atom. The first kappa shape index (κ1) is 26.0. The number of hydrogen-bond acceptors (Lipinski definition) is 4. The van der Waals surface area contributed by atoms with Gasteiger partial charge in [-0.1, -0.05) is 115 Å². The Morgan fingerprint density at radius 2 is 1.13 bits per heavy atom. The van der Waals surface area contributed by atoms with Gasteiger partial charge in [0.2, 0.25) is 0 Å². The number of aromatic nitrogens is 2. The summed E-state index contributed by atoms with van der Waals surface area (Å²) in [4.78, 5) is 9.76. The highest BCUT2D eigenvalue weighted by Crippen LogP contribution is 2.60. The first-order valence-electron chi connectivity index (χ1n) is 15.8. The van der Waals surface area contributed by atoms with Crippen LogP contribution in [0.25, 0.3) is 44.2 Å². The molecule has 4 nitrogen and oxygen atoms in total. The van der Waals surface area contributed by atoms with E-state index in [1.54, 1.807) is 0 Å². The minimum Gasteiger partial charge on any atom is -0.449 e. The number of rotatable bonds is 3. The molecule has 0 atom stereocenters. The van der Waals surface area contributed by atoms with E-state index < -0.39 is 5.41 Å². The number of para-hydroxylation sites is 1. The van der Waals surface area contributed by atoms with Crippen molar-refractivity contribution in [2.24, 2.45) is 0 Å². The van der Waals surface area contributed by atoms with Crippen LogP contribution in [-0.4, -0.2) is 9.97 Å². The average molecular weight is 603 g/mol. The lowest BCUT2D eigenvalue weighted by molar-refractivity contribution is 0.360. The summed E-state index contributed by atoms with van der Waals surface area (Å²) >= 11 is 0. The molecule has 0 saturated heterocycles. The fourth-order valence-corrected chi connectivity index (χ4v) is 7.61. The molecule has 3 heterocycles. The maximum atomic E-state index is 6.80. The maximum absolute atomic E-state index is 6.80. The number of ether oxygens (including phenoxy) is 2. The second-order valence-electron chi connectivity index (χ2n) is 12.1. The number of nitrogens with zero attached hydrogens (tertiary/aromatic N) is 2. The lowest BCUT2D eigenvalue weighted by Gasteiger charge is -2.34. The largest absolute Gasteiger partial charge is 0.449 e. The van der Waals surface area contributed by atoms with Crippen molar-refractivity contribution >= 4 is 21.8 Å². The highest BCUT2D eigenvalue weighted by molar-refractivity contribution is 6.03. The van der Waals surface area contributed by atoms with Crippen molar-refractivity contribution in [3.05, 3.63) is 180 Å². The van der Waals surface area contributed by atoms with Gasteiger partial charge in [-0.2, -0.15) is 0 Å². The van der Waals surface area contributed by atoms with E-state index in [0.29, 0.717) is 23.0 Å². The van der Waals surface area contributed by atoms with Crippen molar-refractivity contribution in [1.29, 1.82) is 0 Å². The van der Waals surface area contributed by atoms with E-state index in [9.17, 15) is 0 Å². The molecule has 1 aliphatic heterocycles. The zero-order valence-electron chi connectivity index (χ0n) is 25.2. The van der Waals surface area contributed by atoms with Gasteiger partial charge >= 0.3 is 0 Å². The van der Waals surface area contributed by atoms with Gasteiger partial charge in [0.05, 0.1) is 22.1 Å². The second kappa shape index (κ2) is 9.87. The summed E-state index contributed by atoms with van der Waals surface area (Å²) in [5.41, 5.74) is 10.1. The third-order valence-electron chi connectivity index (χ3n) is 9.64. The Labute approximate surface area is 271 Å². The fourth-order valence-electron chi connectivity index (χ4n) is 7.61. The van der Waals surface area contributed by atoms with Crippen LogP contribution in [0.3, 0.4) is 0 Å². The van der Waals surface area contributed by atoms with E-state index in [1.807, 2.05) is 36.5 Å². The Kier molecular flexibility index (Phi) is 5.46. The smallest absolute Gasteiger partial charge is 0.179 e. The predicted molar refractivity (Wildman–Crippen MR) is 186 cm³/mol. The van der Waals surface area contributed by atoms with Crippen molar-refractivity contribution in [1.82, 2.24) is 9.97 Å². The van der Waals surface area contributed by atoms with Crippen LogP contribution in [0.5, 0.6) is 23.0 Å². The van der Waals surface area contributed by atoms with Crippen LogP contribution < -0.4 is 9.47 Å². The quantitative estimate of drug-likeness (QED) is 0.189. The van der Waals surface area contributed by atoms with Crippen LogP contribution in [0.2, 0.25) is 0 Å². The lowest BCUT2D eigenvalue weighted by atomic mass is 9.67. The molecule has 0 unspecified atom stereocenters. The van der Waals surface area contributed by atoms with Gasteiger partial charge in [0.15, 0.2) is 23.0 Å². The van der Waals surface area contributed by atoms with Crippen molar-refractivity contribution in [3.8, 4) is 45.4 Å². The molecule has 0 N–H and O–H groups in total. The number of pyridine rings is 2. The molecule has 6 aromatic carbocycles. The van der Waals surface area contributed by atoms with Gasteiger partial charge in [-0.15, -0.1) is 0 Å². The molecule has 0 fully saturated rings. The monoisotopic (exact) mass is 602 g/mol. The van der Waals surface area contributed by atoms with Gasteiger partial charge in [-0.25, -0.2) is 4.98 Å². The van der Waals surface area contributed by atoms with E-state index in [4.69, 9.17) is 14.5 Å². The van der Waals surface area contributed by atoms with E-state index in [0.717, 1.165) is 38.6 Å². The van der Waals surface area contributed by atoms with Crippen molar-refractivity contribution < 1.29 is 9.47 Å². The van der Waals surface area contributed by atoms with Crippen LogP contribution >= 0.6 is 0 Å². The Morgan fingerprint density at radius 3 is 1.94 bits per heavy atom. The molecule has 4 heteroatoms. The van der Waals surface area contributed by atoms with Gasteiger partial charge in [0, 0.05) is 22.5 Å². The predicted octanol–water partition coefficient (Wildman–Crippen LogP) is 10.7. The van der Waals surface area contributed by atoms with Crippen molar-refractivity contribution in [3.63, 3.8) is 0 Å². The fraction of sp³-hybridized carbons (Fsp3) is 0.0233. The molecule has 220 valence electrons. The lowest BCUT2D eigenvalue weighted by Crippen LogP contribution is -2.28. The molecule has 8 aromatic rings. The molecule has 0 saturated carbocycles. The Balaban J connectivity index is 1.16. The zero-order valence-corrected chi connectivity index (χ0v) is 25.2. The van der Waals surface area contributed by atoms with Crippen LogP contribution in [0.1, 0.15) is 22.3 Å². The van der Waals surface area contributed by atoms with E-state index >= 15 is 0 Å². The summed E-state index contributed by atoms with van der Waals surface area (Å²) in [5, 5.41) is 2.10. The molecule has 10 rings (SSSR count). The first-order chi connectivity index (χ1) is 23.3. The molecule has 47 heavy (non-hydrogen) atoms. The minimum atomic E-state index is -0.513. The molecule has 1 aliphatic carbocycles. The molecule has 0 amide bonds. The summed E-state index contributed by atoms with van der Waals surface area (Å²) in [7, 11) is 0. The van der Waals surface area contributed by atoms with E-state index in [1.165, 1.54) is 27.8 Å². The summed E-state index contributed by atoms with van der Waals surface area (Å²) in [6.07, 6.45) is 1.81. The third-order valence-corrected chi connectivity index (χ3v) is 9.64. The summed E-state index contributed by atoms with van der Waals surface area (Å²) in [6, 6.07) is 52.9. The maximum Gasteiger partial charge on any atom is 0.179 e. The van der Waals surface area contributed by atoms with Gasteiger partial charge in [0.25, 0.3) is 0 Å². The van der Waals surface area contributed by atoms with E-state index in [2.05, 4.69) is 126 Å². The minimum absolute atomic E-state index is 0.513. The first-order valence-corrected chi connectivity index (χ1v) is 15.8. The zero-order chi connectivity index (χ0) is 31.0. The molecule has 0 bridgehead atoms. The van der Waals surface area contributed by atoms with Gasteiger partial charge in [-0.05, 0) is 69.8 Å². The van der Waals surface area contributed by atoms with Crippen LogP contribution in [0, 0.1) is 0 Å². The molecular formula is C43H26N2O2. The third kappa shape index (κ3) is 3.70. The highest BCUT2D eigenvalue weighted by Gasteiger charge is 2.47. The second-order valence-corrected chi connectivity index (χ2v) is 12.1. The standard InChI is InChI=1S/C43H26N2O2/c1-3-12-29(13-4-1)43(30-14-5-2-6-15-30)34-18-8-7-16-31(34)33-25-38-39(26-35(33)43)46-37-19-9-17-32(42(37)47-38)36-23-22-28-21-20-27-11-10-24-44-40(27)41(28)45-36/h1-26H. The highest BCUT2D eigenvalue weighted by atomic mass is 16.6. The number of fused-ring (bicyclic) bond motifs is 8.